The van der Waals surface area contributed by atoms with E-state index >= 15 is 0 Å². The summed E-state index contributed by atoms with van der Waals surface area (Å²) >= 11 is 1.36. The number of rotatable bonds is 16. The third-order valence-corrected chi connectivity index (χ3v) is 14.3. The van der Waals surface area contributed by atoms with E-state index in [2.05, 4.69) is 62.3 Å². The van der Waals surface area contributed by atoms with Crippen LogP contribution in [0.2, 0.25) is 0 Å². The molecule has 2 aromatic heterocycles. The molecule has 2 aromatic carbocycles. The van der Waals surface area contributed by atoms with Gasteiger partial charge in [0.2, 0.25) is 0 Å². The Balaban J connectivity index is 1.14. The number of amides is 1. The lowest BCUT2D eigenvalue weighted by atomic mass is 9.46. The second kappa shape index (κ2) is 18.0. The van der Waals surface area contributed by atoms with E-state index in [0.29, 0.717) is 69.7 Å². The molecule has 1 amide bonds. The average molecular weight is 879 g/mol. The maximum absolute atomic E-state index is 13.9. The summed E-state index contributed by atoms with van der Waals surface area (Å²) < 4.78 is 6.60. The zero-order chi connectivity index (χ0) is 45.3. The molecule has 3 heterocycles. The number of carbonyl (C=O) groups excluding carboxylic acids is 1. The fourth-order valence-electron chi connectivity index (χ4n) is 11.3. The molecular weight excluding hydrogens is 817 g/mol. The third kappa shape index (κ3) is 10.1. The number of carboxylic acids is 2. The number of allylic oxidation sites excluding steroid dienone is 1. The first-order chi connectivity index (χ1) is 29.9. The summed E-state index contributed by atoms with van der Waals surface area (Å²) in [4.78, 5) is 56.8. The van der Waals surface area contributed by atoms with Crippen molar-refractivity contribution in [2.45, 2.75) is 91.6 Å². The monoisotopic (exact) mass is 878 g/mol. The van der Waals surface area contributed by atoms with Crippen molar-refractivity contribution in [1.82, 2.24) is 20.2 Å². The number of benzene rings is 2. The van der Waals surface area contributed by atoms with Crippen molar-refractivity contribution in [3.63, 3.8) is 0 Å². The second-order valence-corrected chi connectivity index (χ2v) is 20.4. The predicted octanol–water partition coefficient (Wildman–Crippen LogP) is 7.73. The number of nitrogens with one attached hydrogen (secondary N) is 2. The number of pyridine rings is 1. The number of nitrogens with zero attached hydrogens (tertiary/aromatic N) is 5. The molecule has 14 nitrogen and oxygen atoms in total. The minimum Gasteiger partial charge on any atom is -0.482 e. The molecule has 1 aliphatic heterocycles. The quantitative estimate of drug-likeness (QED) is 0.0689. The standard InChI is InChI=1S/C48H62N8O6S/c1-8-45(3)24-46(4)25-47(5,28-48(26-45,27-46)51-18-20-55(6)7)29-50-30(2)34(21-49)32-14-16-39(53-41(32)43(60)61)56-19-17-31-35(22-56)33(13-15-37(31)62-23-40(57)58)42(59)54-44-52-36-11-9-10-12-38(36)63-44/h9-16,21,51H,8,17-20,22-29,49H2,1-7H3,(H,57,58)(H,60,61)(H,52,54,59). The molecule has 7 rings (SSSR count). The lowest BCUT2D eigenvalue weighted by Gasteiger charge is -2.62. The molecule has 2 bridgehead atoms. The van der Waals surface area contributed by atoms with Gasteiger partial charge in [0.25, 0.3) is 5.91 Å². The predicted molar refractivity (Wildman–Crippen MR) is 250 cm³/mol. The number of thiazole rings is 1. The number of ether oxygens (including phenoxy) is 1. The highest BCUT2D eigenvalue weighted by Gasteiger charge is 2.57. The molecule has 2 aliphatic carbocycles. The summed E-state index contributed by atoms with van der Waals surface area (Å²) in [6.07, 6.45) is 8.48. The summed E-state index contributed by atoms with van der Waals surface area (Å²) in [5, 5.41) is 27.4. The Morgan fingerprint density at radius 1 is 0.968 bits per heavy atom. The van der Waals surface area contributed by atoms with E-state index in [9.17, 15) is 24.6 Å². The van der Waals surface area contributed by atoms with Crippen LogP contribution in [0.4, 0.5) is 10.9 Å². The van der Waals surface area contributed by atoms with Gasteiger partial charge in [0.05, 0.1) is 10.2 Å². The molecule has 0 radical (unpaired) electrons. The molecule has 3 aliphatic rings. The Bertz CT molecular complexity index is 2430. The molecular formula is C48H62N8O6S. The molecule has 2 fully saturated rings. The molecule has 15 heteroatoms. The molecule has 0 saturated heterocycles. The smallest absolute Gasteiger partial charge is 0.355 e. The van der Waals surface area contributed by atoms with Gasteiger partial charge in [0.1, 0.15) is 11.6 Å². The normalized spacial score (nSPS) is 24.9. The van der Waals surface area contributed by atoms with Crippen LogP contribution in [0.3, 0.4) is 0 Å². The van der Waals surface area contributed by atoms with Gasteiger partial charge in [-0.15, -0.1) is 0 Å². The topological polar surface area (TPSA) is 196 Å². The number of nitrogens with two attached hydrogens (primary N) is 1. The summed E-state index contributed by atoms with van der Waals surface area (Å²) in [7, 11) is 4.22. The summed E-state index contributed by atoms with van der Waals surface area (Å²) in [5.74, 6) is -1.93. The Hall–Kier alpha value is -5.38. The highest BCUT2D eigenvalue weighted by Crippen LogP contribution is 2.62. The highest BCUT2D eigenvalue weighted by molar-refractivity contribution is 7.22. The first-order valence-corrected chi connectivity index (χ1v) is 22.7. The van der Waals surface area contributed by atoms with Gasteiger partial charge in [-0.2, -0.15) is 0 Å². The number of carboxylic acid groups (broad SMARTS) is 2. The Kier molecular flexibility index (Phi) is 13.0. The first kappa shape index (κ1) is 45.6. The molecule has 336 valence electrons. The van der Waals surface area contributed by atoms with E-state index in [0.717, 1.165) is 55.4 Å². The van der Waals surface area contributed by atoms with Crippen molar-refractivity contribution >= 4 is 61.6 Å². The highest BCUT2D eigenvalue weighted by atomic mass is 32.1. The van der Waals surface area contributed by atoms with Gasteiger partial charge >= 0.3 is 11.9 Å². The Morgan fingerprint density at radius 2 is 1.70 bits per heavy atom. The fraction of sp³-hybridized carbons (Fsp3) is 0.500. The fourth-order valence-corrected chi connectivity index (χ4v) is 12.2. The van der Waals surface area contributed by atoms with Gasteiger partial charge in [-0.1, -0.05) is 57.6 Å². The van der Waals surface area contributed by atoms with Crippen molar-refractivity contribution in [2.75, 3.05) is 57.1 Å². The van der Waals surface area contributed by atoms with Crippen molar-refractivity contribution < 1.29 is 29.3 Å². The van der Waals surface area contributed by atoms with Crippen molar-refractivity contribution in [2.24, 2.45) is 27.0 Å². The van der Waals surface area contributed by atoms with E-state index in [1.54, 1.807) is 24.3 Å². The van der Waals surface area contributed by atoms with Crippen LogP contribution in [-0.2, 0) is 17.8 Å². The van der Waals surface area contributed by atoms with Crippen molar-refractivity contribution in [3.05, 3.63) is 82.7 Å². The van der Waals surface area contributed by atoms with Gasteiger partial charge in [0.15, 0.2) is 17.4 Å². The maximum Gasteiger partial charge on any atom is 0.355 e. The number of likely N-dealkylation sites (N-methyl/N-ethyl adjacent to an activating group) is 1. The minimum atomic E-state index is -1.21. The van der Waals surface area contributed by atoms with Crippen LogP contribution in [0.1, 0.15) is 111 Å². The van der Waals surface area contributed by atoms with Gasteiger partial charge in [0, 0.05) is 72.4 Å². The minimum absolute atomic E-state index is 0.00988. The number of carbonyl (C=O) groups is 3. The van der Waals surface area contributed by atoms with Crippen LogP contribution in [0.25, 0.3) is 15.8 Å². The number of aromatic carboxylic acids is 1. The molecule has 6 N–H and O–H groups in total. The zero-order valence-corrected chi connectivity index (χ0v) is 38.5. The number of aliphatic imine (C=N–C) groups is 1. The second-order valence-electron chi connectivity index (χ2n) is 19.4. The van der Waals surface area contributed by atoms with Crippen LogP contribution < -0.4 is 26.0 Å². The summed E-state index contributed by atoms with van der Waals surface area (Å²) in [5.41, 5.74) is 10.5. The summed E-state index contributed by atoms with van der Waals surface area (Å²) in [6.45, 7) is 14.0. The molecule has 4 aromatic rings. The van der Waals surface area contributed by atoms with Gasteiger partial charge in [-0.3, -0.25) is 15.1 Å². The summed E-state index contributed by atoms with van der Waals surface area (Å²) in [6, 6.07) is 14.4. The van der Waals surface area contributed by atoms with Crippen LogP contribution in [0.15, 0.2) is 59.7 Å². The number of para-hydroxylation sites is 1. The van der Waals surface area contributed by atoms with Gasteiger partial charge in [-0.05, 0) is 118 Å². The van der Waals surface area contributed by atoms with E-state index in [4.69, 9.17) is 20.4 Å². The number of aliphatic carboxylic acids is 1. The number of anilines is 2. The van der Waals surface area contributed by atoms with Gasteiger partial charge in [-0.25, -0.2) is 19.6 Å². The van der Waals surface area contributed by atoms with E-state index in [1.165, 1.54) is 24.0 Å². The molecule has 0 spiro atoms. The first-order valence-electron chi connectivity index (χ1n) is 21.8. The molecule has 4 atom stereocenters. The third-order valence-electron chi connectivity index (χ3n) is 13.3. The largest absolute Gasteiger partial charge is 0.482 e. The van der Waals surface area contributed by atoms with E-state index in [1.807, 2.05) is 36.1 Å². The van der Waals surface area contributed by atoms with Crippen molar-refractivity contribution in [1.29, 1.82) is 0 Å². The van der Waals surface area contributed by atoms with Crippen LogP contribution in [0, 0.1) is 16.2 Å². The SMILES string of the molecule is CCC1(C)CC2(C)CC(C)(CN=C(C)C(=CN)c3ccc(N4CCc5c(OCC(=O)O)ccc(C(=O)Nc6nc7ccccc7s6)c5C4)nc3C(=O)O)CC(NCCN(C)C)(C1)C2. The molecule has 2 saturated carbocycles. The lowest BCUT2D eigenvalue weighted by Crippen LogP contribution is -2.63. The Labute approximate surface area is 374 Å². The van der Waals surface area contributed by atoms with Crippen LogP contribution in [-0.4, -0.2) is 101 Å². The lowest BCUT2D eigenvalue weighted by molar-refractivity contribution is -0.139. The van der Waals surface area contributed by atoms with E-state index in [-0.39, 0.29) is 39.9 Å². The van der Waals surface area contributed by atoms with Crippen LogP contribution >= 0.6 is 11.3 Å². The number of hydrogen-bond donors (Lipinski definition) is 5. The maximum atomic E-state index is 13.9. The number of fused-ring (bicyclic) bond motifs is 4. The Morgan fingerprint density at radius 3 is 2.40 bits per heavy atom. The zero-order valence-electron chi connectivity index (χ0n) is 37.6. The number of hydrogen-bond acceptors (Lipinski definition) is 12. The molecule has 63 heavy (non-hydrogen) atoms. The molecule has 4 unspecified atom stereocenters. The average Bonchev–Trinajstić information content (AvgIpc) is 3.63. The number of aromatic nitrogens is 2. The van der Waals surface area contributed by atoms with E-state index < -0.39 is 18.5 Å². The van der Waals surface area contributed by atoms with Crippen molar-refractivity contribution in [3.8, 4) is 5.75 Å². The van der Waals surface area contributed by atoms with Gasteiger partial charge < -0.3 is 35.8 Å². The van der Waals surface area contributed by atoms with Crippen LogP contribution in [0.5, 0.6) is 5.75 Å².